The smallest absolute Gasteiger partial charge is 0.139 e. The minimum Gasteiger partial charge on any atom is -0.495 e. The molecule has 0 aliphatic rings. The van der Waals surface area contributed by atoms with Crippen molar-refractivity contribution in [2.75, 3.05) is 39.2 Å². The van der Waals surface area contributed by atoms with Crippen LogP contribution in [-0.2, 0) is 0 Å². The van der Waals surface area contributed by atoms with E-state index in [1.54, 1.807) is 13.3 Å². The van der Waals surface area contributed by atoms with Crippen molar-refractivity contribution in [2.45, 2.75) is 0 Å². The van der Waals surface area contributed by atoms with E-state index in [1.165, 1.54) is 0 Å². The molecule has 0 spiro atoms. The predicted octanol–water partition coefficient (Wildman–Crippen LogP) is 0.746. The third kappa shape index (κ3) is 2.88. The van der Waals surface area contributed by atoms with E-state index < -0.39 is 0 Å². The van der Waals surface area contributed by atoms with Crippen molar-refractivity contribution in [1.82, 2.24) is 10.3 Å². The fourth-order valence-corrected chi connectivity index (χ4v) is 1.14. The fraction of sp³-hybridized carbons (Fsp3) is 0.500. The minimum absolute atomic E-state index is 0.791. The first-order valence-corrected chi connectivity index (χ1v) is 4.62. The number of likely N-dealkylation sites (N-methyl/N-ethyl adjacent to an activating group) is 2. The number of nitrogens with zero attached hydrogens (tertiary/aromatic N) is 2. The number of hydrogen-bond donors (Lipinski definition) is 1. The summed E-state index contributed by atoms with van der Waals surface area (Å²) >= 11 is 0. The number of methoxy groups -OCH3 is 1. The molecule has 0 unspecified atom stereocenters. The van der Waals surface area contributed by atoms with Crippen LogP contribution in [0.1, 0.15) is 0 Å². The van der Waals surface area contributed by atoms with Gasteiger partial charge in [0.2, 0.25) is 0 Å². The molecule has 0 amide bonds. The summed E-state index contributed by atoms with van der Waals surface area (Å²) in [6.07, 6.45) is 3.54. The fourth-order valence-electron chi connectivity index (χ4n) is 1.14. The molecule has 1 N–H and O–H groups in total. The van der Waals surface area contributed by atoms with Crippen molar-refractivity contribution >= 4 is 5.69 Å². The largest absolute Gasteiger partial charge is 0.495 e. The molecule has 0 saturated carbocycles. The lowest BCUT2D eigenvalue weighted by Crippen LogP contribution is -2.27. The molecule has 1 aromatic heterocycles. The van der Waals surface area contributed by atoms with Crippen molar-refractivity contribution < 1.29 is 4.74 Å². The van der Waals surface area contributed by atoms with Crippen molar-refractivity contribution in [2.24, 2.45) is 0 Å². The molecule has 4 heteroatoms. The summed E-state index contributed by atoms with van der Waals surface area (Å²) in [7, 11) is 5.62. The van der Waals surface area contributed by atoms with Gasteiger partial charge in [-0.25, -0.2) is 0 Å². The molecule has 78 valence electrons. The minimum atomic E-state index is 0.791. The van der Waals surface area contributed by atoms with Crippen LogP contribution in [0, 0.1) is 0 Å². The van der Waals surface area contributed by atoms with E-state index in [-0.39, 0.29) is 0 Å². The highest BCUT2D eigenvalue weighted by Crippen LogP contribution is 2.17. The highest BCUT2D eigenvalue weighted by Gasteiger charge is 2.01. The molecule has 0 saturated heterocycles. The van der Waals surface area contributed by atoms with E-state index in [1.807, 2.05) is 26.4 Å². The first kappa shape index (κ1) is 10.8. The molecule has 0 radical (unpaired) electrons. The maximum absolute atomic E-state index is 5.10. The first-order chi connectivity index (χ1) is 6.77. The first-order valence-electron chi connectivity index (χ1n) is 4.62. The monoisotopic (exact) mass is 195 g/mol. The van der Waals surface area contributed by atoms with E-state index >= 15 is 0 Å². The normalized spacial score (nSPS) is 9.93. The van der Waals surface area contributed by atoms with Crippen LogP contribution in [0.5, 0.6) is 5.75 Å². The van der Waals surface area contributed by atoms with Gasteiger partial charge in [0.15, 0.2) is 0 Å². The summed E-state index contributed by atoms with van der Waals surface area (Å²) in [6, 6.07) is 1.97. The Morgan fingerprint density at radius 2 is 2.29 bits per heavy atom. The van der Waals surface area contributed by atoms with Gasteiger partial charge in [-0.2, -0.15) is 0 Å². The van der Waals surface area contributed by atoms with Crippen LogP contribution < -0.4 is 15.0 Å². The summed E-state index contributed by atoms with van der Waals surface area (Å²) in [5.74, 6) is 0.791. The lowest BCUT2D eigenvalue weighted by Gasteiger charge is -2.18. The van der Waals surface area contributed by atoms with Gasteiger partial charge < -0.3 is 15.0 Å². The molecular weight excluding hydrogens is 178 g/mol. The van der Waals surface area contributed by atoms with Crippen molar-refractivity contribution in [3.05, 3.63) is 18.5 Å². The molecule has 0 bridgehead atoms. The van der Waals surface area contributed by atoms with Crippen LogP contribution in [0.2, 0.25) is 0 Å². The quantitative estimate of drug-likeness (QED) is 0.752. The van der Waals surface area contributed by atoms with Crippen LogP contribution in [-0.4, -0.2) is 39.3 Å². The molecule has 1 aromatic rings. The number of anilines is 1. The number of ether oxygens (including phenoxy) is 1. The lowest BCUT2D eigenvalue weighted by molar-refractivity contribution is 0.413. The number of rotatable bonds is 5. The third-order valence-electron chi connectivity index (χ3n) is 2.07. The zero-order chi connectivity index (χ0) is 10.4. The zero-order valence-corrected chi connectivity index (χ0v) is 8.95. The zero-order valence-electron chi connectivity index (χ0n) is 8.95. The van der Waals surface area contributed by atoms with Gasteiger partial charge in [0.1, 0.15) is 5.75 Å². The van der Waals surface area contributed by atoms with Crippen LogP contribution in [0.3, 0.4) is 0 Å². The molecule has 14 heavy (non-hydrogen) atoms. The van der Waals surface area contributed by atoms with Crippen molar-refractivity contribution in [3.63, 3.8) is 0 Å². The standard InChI is InChI=1S/C10H17N3O/c1-11-4-5-13(2)9-6-10(14-3)8-12-7-9/h6-8,11H,4-5H2,1-3H3. The number of hydrogen-bond acceptors (Lipinski definition) is 4. The summed E-state index contributed by atoms with van der Waals surface area (Å²) in [5, 5.41) is 3.10. The second kappa shape index (κ2) is 5.44. The number of nitrogens with one attached hydrogen (secondary N) is 1. The van der Waals surface area contributed by atoms with Gasteiger partial charge in [0, 0.05) is 26.2 Å². The second-order valence-electron chi connectivity index (χ2n) is 3.11. The topological polar surface area (TPSA) is 37.4 Å². The Kier molecular flexibility index (Phi) is 4.19. The average molecular weight is 195 g/mol. The number of aromatic nitrogens is 1. The molecule has 0 atom stereocenters. The van der Waals surface area contributed by atoms with Gasteiger partial charge in [-0.05, 0) is 7.05 Å². The third-order valence-corrected chi connectivity index (χ3v) is 2.07. The van der Waals surface area contributed by atoms with Gasteiger partial charge in [0.05, 0.1) is 25.2 Å². The van der Waals surface area contributed by atoms with E-state index in [4.69, 9.17) is 4.74 Å². The lowest BCUT2D eigenvalue weighted by atomic mass is 10.3. The van der Waals surface area contributed by atoms with Crippen LogP contribution in [0.25, 0.3) is 0 Å². The summed E-state index contributed by atoms with van der Waals surface area (Å²) in [6.45, 7) is 1.90. The van der Waals surface area contributed by atoms with Crippen LogP contribution in [0.15, 0.2) is 18.5 Å². The molecule has 0 aliphatic carbocycles. The second-order valence-corrected chi connectivity index (χ2v) is 3.11. The molecule has 0 aromatic carbocycles. The SMILES string of the molecule is CNCCN(C)c1cncc(OC)c1. The van der Waals surface area contributed by atoms with Gasteiger partial charge in [-0.1, -0.05) is 0 Å². The van der Waals surface area contributed by atoms with E-state index in [9.17, 15) is 0 Å². The Labute approximate surface area is 84.9 Å². The maximum atomic E-state index is 5.10. The highest BCUT2D eigenvalue weighted by atomic mass is 16.5. The van der Waals surface area contributed by atoms with Gasteiger partial charge in [0.25, 0.3) is 0 Å². The summed E-state index contributed by atoms with van der Waals surface area (Å²) in [5.41, 5.74) is 1.07. The van der Waals surface area contributed by atoms with Gasteiger partial charge in [-0.15, -0.1) is 0 Å². The van der Waals surface area contributed by atoms with Gasteiger partial charge in [-0.3, -0.25) is 4.98 Å². The summed E-state index contributed by atoms with van der Waals surface area (Å²) in [4.78, 5) is 6.23. The molecular formula is C10H17N3O. The summed E-state index contributed by atoms with van der Waals surface area (Å²) < 4.78 is 5.10. The number of pyridine rings is 1. The Balaban J connectivity index is 2.64. The van der Waals surface area contributed by atoms with E-state index in [0.29, 0.717) is 0 Å². The van der Waals surface area contributed by atoms with Crippen LogP contribution in [0.4, 0.5) is 5.69 Å². The average Bonchev–Trinajstić information content (AvgIpc) is 2.26. The van der Waals surface area contributed by atoms with Crippen molar-refractivity contribution in [3.8, 4) is 5.75 Å². The Bertz CT molecular complexity index is 278. The van der Waals surface area contributed by atoms with Crippen LogP contribution >= 0.6 is 0 Å². The Morgan fingerprint density at radius 3 is 2.93 bits per heavy atom. The van der Waals surface area contributed by atoms with Crippen molar-refractivity contribution in [1.29, 1.82) is 0 Å². The Morgan fingerprint density at radius 1 is 1.50 bits per heavy atom. The van der Waals surface area contributed by atoms with E-state index in [0.717, 1.165) is 24.5 Å². The van der Waals surface area contributed by atoms with Gasteiger partial charge >= 0.3 is 0 Å². The molecule has 1 heterocycles. The predicted molar refractivity (Wildman–Crippen MR) is 58.0 cm³/mol. The Hall–Kier alpha value is -1.29. The van der Waals surface area contributed by atoms with E-state index in [2.05, 4.69) is 15.2 Å². The molecule has 4 nitrogen and oxygen atoms in total. The molecule has 0 aliphatic heterocycles. The molecule has 0 fully saturated rings. The molecule has 1 rings (SSSR count). The maximum Gasteiger partial charge on any atom is 0.139 e. The highest BCUT2D eigenvalue weighted by molar-refractivity contribution is 5.47.